The van der Waals surface area contributed by atoms with Gasteiger partial charge in [-0.25, -0.2) is 4.79 Å². The van der Waals surface area contributed by atoms with E-state index in [-0.39, 0.29) is 37.4 Å². The fourth-order valence-corrected chi connectivity index (χ4v) is 5.64. The van der Waals surface area contributed by atoms with Gasteiger partial charge >= 0.3 is 12.0 Å². The van der Waals surface area contributed by atoms with Crippen molar-refractivity contribution in [2.24, 2.45) is 5.92 Å². The Morgan fingerprint density at radius 1 is 0.957 bits per heavy atom. The lowest BCUT2D eigenvalue weighted by atomic mass is 9.89. The van der Waals surface area contributed by atoms with Crippen LogP contribution in [0, 0.1) is 12.8 Å². The minimum absolute atomic E-state index is 0.0608. The molecule has 1 aromatic heterocycles. The van der Waals surface area contributed by atoms with Gasteiger partial charge < -0.3 is 25.4 Å². The Morgan fingerprint density at radius 3 is 2.35 bits per heavy atom. The van der Waals surface area contributed by atoms with Gasteiger partial charge in [-0.15, -0.1) is 0 Å². The summed E-state index contributed by atoms with van der Waals surface area (Å²) < 4.78 is 5.50. The maximum absolute atomic E-state index is 12.9. The molecule has 4 aromatic rings. The molecule has 4 amide bonds. The third-order valence-corrected chi connectivity index (χ3v) is 8.13. The summed E-state index contributed by atoms with van der Waals surface area (Å²) in [7, 11) is 3.18. The Hall–Kier alpha value is -5.71. The molecule has 11 heteroatoms. The first-order valence-corrected chi connectivity index (χ1v) is 14.7. The second kappa shape index (κ2) is 13.9. The van der Waals surface area contributed by atoms with Crippen molar-refractivity contribution in [1.82, 2.24) is 9.88 Å². The monoisotopic (exact) mass is 621 g/mol. The number of carboxylic acids is 1. The maximum atomic E-state index is 12.9. The van der Waals surface area contributed by atoms with Crippen LogP contribution in [0.15, 0.2) is 91.3 Å². The molecular weight excluding hydrogens is 586 g/mol. The number of rotatable bonds is 9. The van der Waals surface area contributed by atoms with Gasteiger partial charge in [-0.2, -0.15) is 0 Å². The van der Waals surface area contributed by atoms with Crippen LogP contribution in [0.3, 0.4) is 0 Å². The Kier molecular flexibility index (Phi) is 9.61. The Morgan fingerprint density at radius 2 is 1.67 bits per heavy atom. The van der Waals surface area contributed by atoms with Crippen LogP contribution in [-0.4, -0.2) is 66.1 Å². The highest BCUT2D eigenvalue weighted by Crippen LogP contribution is 2.34. The van der Waals surface area contributed by atoms with Gasteiger partial charge in [-0.3, -0.25) is 24.3 Å². The number of anilines is 3. The van der Waals surface area contributed by atoms with E-state index in [0.717, 1.165) is 16.8 Å². The van der Waals surface area contributed by atoms with E-state index in [0.29, 0.717) is 28.3 Å². The number of hydrogen-bond donors (Lipinski definition) is 3. The van der Waals surface area contributed by atoms with E-state index in [1.807, 2.05) is 31.2 Å². The molecule has 2 atom stereocenters. The number of pyridine rings is 1. The number of aromatic nitrogens is 1. The molecule has 3 N–H and O–H groups in total. The van der Waals surface area contributed by atoms with Gasteiger partial charge in [0.2, 0.25) is 5.91 Å². The number of hydrogen-bond acceptors (Lipinski definition) is 6. The summed E-state index contributed by atoms with van der Waals surface area (Å²) in [5.74, 6) is -2.19. The molecule has 11 nitrogen and oxygen atoms in total. The van der Waals surface area contributed by atoms with E-state index in [9.17, 15) is 24.3 Å². The molecule has 1 fully saturated rings. The summed E-state index contributed by atoms with van der Waals surface area (Å²) in [4.78, 5) is 57.8. The van der Waals surface area contributed by atoms with E-state index in [1.165, 1.54) is 24.4 Å². The van der Waals surface area contributed by atoms with Gasteiger partial charge in [-0.1, -0.05) is 36.4 Å². The number of aryl methyl sites for hydroxylation is 1. The average molecular weight is 622 g/mol. The summed E-state index contributed by atoms with van der Waals surface area (Å²) in [6.45, 7) is 2.31. The van der Waals surface area contributed by atoms with Gasteiger partial charge in [0.15, 0.2) is 0 Å². The number of urea groups is 1. The largest absolute Gasteiger partial charge is 0.495 e. The van der Waals surface area contributed by atoms with Crippen molar-refractivity contribution in [1.29, 1.82) is 0 Å². The smallest absolute Gasteiger partial charge is 0.326 e. The lowest BCUT2D eigenvalue weighted by Gasteiger charge is -2.21. The fraction of sp³-hybridized carbons (Fsp3) is 0.229. The second-order valence-electron chi connectivity index (χ2n) is 11.2. The predicted octanol–water partition coefficient (Wildman–Crippen LogP) is 5.19. The van der Waals surface area contributed by atoms with Crippen LogP contribution in [0.1, 0.15) is 33.0 Å². The number of methoxy groups -OCH3 is 1. The number of carbonyl (C=O) groups is 4. The lowest BCUT2D eigenvalue weighted by Crippen LogP contribution is -2.31. The Bertz CT molecular complexity index is 1740. The summed E-state index contributed by atoms with van der Waals surface area (Å²) in [6.07, 6.45) is 3.12. The number of nitrogens with zero attached hydrogens (tertiary/aromatic N) is 3. The number of likely N-dealkylation sites (tertiary alicyclic amines) is 1. The van der Waals surface area contributed by atoms with Gasteiger partial charge in [-0.05, 0) is 66.1 Å². The van der Waals surface area contributed by atoms with Crippen molar-refractivity contribution >= 4 is 40.9 Å². The van der Waals surface area contributed by atoms with Crippen molar-refractivity contribution in [2.45, 2.75) is 19.3 Å². The normalized spacial score (nSPS) is 15.6. The number of carboxylic acid groups (broad SMARTS) is 1. The average Bonchev–Trinajstić information content (AvgIpc) is 3.52. The van der Waals surface area contributed by atoms with Crippen LogP contribution in [0.25, 0.3) is 0 Å². The molecule has 3 aromatic carbocycles. The third-order valence-electron chi connectivity index (χ3n) is 8.13. The van der Waals surface area contributed by atoms with Crippen LogP contribution in [0.5, 0.6) is 5.75 Å². The molecule has 0 radical (unpaired) electrons. The van der Waals surface area contributed by atoms with Gasteiger partial charge in [0, 0.05) is 55.4 Å². The number of amides is 4. The minimum atomic E-state index is -0.966. The van der Waals surface area contributed by atoms with Crippen molar-refractivity contribution in [3.8, 4) is 5.75 Å². The molecule has 1 aliphatic rings. The third kappa shape index (κ3) is 7.15. The topological polar surface area (TPSA) is 141 Å². The van der Waals surface area contributed by atoms with Crippen molar-refractivity contribution < 1.29 is 29.0 Å². The van der Waals surface area contributed by atoms with E-state index in [2.05, 4.69) is 15.6 Å². The number of nitrogens with one attached hydrogen (secondary N) is 2. The predicted molar refractivity (Wildman–Crippen MR) is 174 cm³/mol. The van der Waals surface area contributed by atoms with Crippen LogP contribution in [0.4, 0.5) is 21.9 Å². The summed E-state index contributed by atoms with van der Waals surface area (Å²) in [5, 5.41) is 15.6. The molecule has 0 saturated carbocycles. The second-order valence-corrected chi connectivity index (χ2v) is 11.2. The number of carbonyl (C=O) groups excluding carboxylic acids is 3. The molecule has 1 saturated heterocycles. The molecule has 46 heavy (non-hydrogen) atoms. The first kappa shape index (κ1) is 31.7. The van der Waals surface area contributed by atoms with E-state index in [4.69, 9.17) is 4.74 Å². The lowest BCUT2D eigenvalue weighted by molar-refractivity contribution is -0.141. The molecule has 2 heterocycles. The van der Waals surface area contributed by atoms with E-state index in [1.54, 1.807) is 66.5 Å². The summed E-state index contributed by atoms with van der Waals surface area (Å²) in [6, 6.07) is 22.6. The van der Waals surface area contributed by atoms with Gasteiger partial charge in [0.05, 0.1) is 25.1 Å². The van der Waals surface area contributed by atoms with Crippen LogP contribution < -0.4 is 20.3 Å². The molecule has 236 valence electrons. The first-order valence-electron chi connectivity index (χ1n) is 14.7. The van der Waals surface area contributed by atoms with Crippen LogP contribution in [0.2, 0.25) is 0 Å². The quantitative estimate of drug-likeness (QED) is 0.234. The molecular formula is C35H35N5O6. The Balaban J connectivity index is 1.20. The Labute approximate surface area is 266 Å². The van der Waals surface area contributed by atoms with Gasteiger partial charge in [0.25, 0.3) is 5.91 Å². The number of aliphatic carboxylic acids is 1. The van der Waals surface area contributed by atoms with Crippen molar-refractivity contribution in [3.63, 3.8) is 0 Å². The van der Waals surface area contributed by atoms with E-state index < -0.39 is 17.8 Å². The molecule has 0 spiro atoms. The van der Waals surface area contributed by atoms with Crippen molar-refractivity contribution in [2.75, 3.05) is 42.8 Å². The van der Waals surface area contributed by atoms with E-state index >= 15 is 0 Å². The minimum Gasteiger partial charge on any atom is -0.495 e. The highest BCUT2D eigenvalue weighted by atomic mass is 16.5. The molecule has 0 bridgehead atoms. The number of ether oxygens (including phenoxy) is 1. The van der Waals surface area contributed by atoms with Gasteiger partial charge in [0.1, 0.15) is 5.75 Å². The standard InChI is InChI=1S/C35H35N5O6/c1-22-6-4-5-7-30(22)39(2)35(45)38-29-13-8-23(18-31(29)46-3)19-32(41)37-26-11-9-24(10-12-26)27-20-40(21-28(27)34(43)44)33(42)25-14-16-36-17-15-25/h4-18,27-28H,19-21H2,1-3H3,(H,37,41)(H,38,45)(H,43,44). The van der Waals surface area contributed by atoms with Crippen LogP contribution >= 0.6 is 0 Å². The number of benzene rings is 3. The molecule has 1 aliphatic heterocycles. The highest BCUT2D eigenvalue weighted by Gasteiger charge is 2.40. The summed E-state index contributed by atoms with van der Waals surface area (Å²) >= 11 is 0. The zero-order valence-electron chi connectivity index (χ0n) is 25.8. The van der Waals surface area contributed by atoms with Crippen LogP contribution in [-0.2, 0) is 16.0 Å². The number of para-hydroxylation sites is 1. The highest BCUT2D eigenvalue weighted by molar-refractivity contribution is 6.02. The SMILES string of the molecule is COc1cc(CC(=O)Nc2ccc(C3CN(C(=O)c4ccncc4)CC3C(=O)O)cc2)ccc1NC(=O)N(C)c1ccccc1C. The molecule has 2 unspecified atom stereocenters. The molecule has 5 rings (SSSR count). The zero-order valence-corrected chi connectivity index (χ0v) is 25.8. The van der Waals surface area contributed by atoms with Crippen molar-refractivity contribution in [3.05, 3.63) is 114 Å². The fourth-order valence-electron chi connectivity index (χ4n) is 5.64. The zero-order chi connectivity index (χ0) is 32.8. The molecule has 0 aliphatic carbocycles. The maximum Gasteiger partial charge on any atom is 0.326 e. The summed E-state index contributed by atoms with van der Waals surface area (Å²) in [5.41, 5.74) is 4.69. The first-order chi connectivity index (χ1) is 22.1.